The number of H-pyrrole nitrogens is 1. The summed E-state index contributed by atoms with van der Waals surface area (Å²) < 4.78 is 62.9. The number of alkyl halides is 3. The zero-order valence-corrected chi connectivity index (χ0v) is 14.2. The molecule has 0 saturated carbocycles. The Bertz CT molecular complexity index is 796. The number of nitrogens with one attached hydrogen (secondary N) is 2. The van der Waals surface area contributed by atoms with E-state index in [1.54, 1.807) is 0 Å². The zero-order chi connectivity index (χ0) is 18.8. The molecule has 0 aliphatic carbocycles. The molecule has 0 radical (unpaired) electrons. The summed E-state index contributed by atoms with van der Waals surface area (Å²) in [6, 6.07) is 0.577. The second-order valence-corrected chi connectivity index (χ2v) is 7.95. The lowest BCUT2D eigenvalue weighted by molar-refractivity contribution is -0.137. The van der Waals surface area contributed by atoms with Crippen molar-refractivity contribution in [1.29, 1.82) is 0 Å². The first-order valence-corrected chi connectivity index (χ1v) is 9.24. The van der Waals surface area contributed by atoms with Crippen molar-refractivity contribution in [2.24, 2.45) is 5.92 Å². The predicted molar refractivity (Wildman–Crippen MR) is 84.5 cm³/mol. The third-order valence-electron chi connectivity index (χ3n) is 4.07. The van der Waals surface area contributed by atoms with Crippen LogP contribution >= 0.6 is 0 Å². The molecule has 0 spiro atoms. The Morgan fingerprint density at radius 1 is 1.36 bits per heavy atom. The van der Waals surface area contributed by atoms with E-state index in [1.807, 2.05) is 4.98 Å². The molecule has 1 aromatic rings. The second kappa shape index (κ2) is 7.16. The fourth-order valence-electron chi connectivity index (χ4n) is 2.55. The zero-order valence-electron chi connectivity index (χ0n) is 13.4. The molecule has 1 fully saturated rings. The van der Waals surface area contributed by atoms with Crippen LogP contribution in [0, 0.1) is 5.92 Å². The van der Waals surface area contributed by atoms with Gasteiger partial charge >= 0.3 is 6.18 Å². The van der Waals surface area contributed by atoms with E-state index in [4.69, 9.17) is 0 Å². The minimum atomic E-state index is -4.65. The van der Waals surface area contributed by atoms with E-state index >= 15 is 0 Å². The Balaban J connectivity index is 2.06. The van der Waals surface area contributed by atoms with Gasteiger partial charge in [-0.15, -0.1) is 0 Å². The molecule has 7 nitrogen and oxygen atoms in total. The molecule has 1 amide bonds. The third-order valence-corrected chi connectivity index (χ3v) is 5.95. The number of nitrogens with zero attached hydrogens (tertiary/aromatic N) is 1. The van der Waals surface area contributed by atoms with E-state index in [0.717, 1.165) is 0 Å². The molecule has 0 unspecified atom stereocenters. The molecule has 11 heteroatoms. The summed E-state index contributed by atoms with van der Waals surface area (Å²) in [4.78, 5) is 25.7. The molecule has 25 heavy (non-hydrogen) atoms. The van der Waals surface area contributed by atoms with Gasteiger partial charge < -0.3 is 10.3 Å². The highest BCUT2D eigenvalue weighted by Crippen LogP contribution is 2.29. The summed E-state index contributed by atoms with van der Waals surface area (Å²) in [5.41, 5.74) is -2.40. The van der Waals surface area contributed by atoms with Crippen LogP contribution in [0.5, 0.6) is 0 Å². The third kappa shape index (κ3) is 4.60. The standard InChI is InChI=1S/C14H18F3N3O4S/c1-2-25(23,24)20-5-3-9(4-6-20)12(21)19-11-7-10(14(15,16)17)8-18-13(11)22/h7-9H,2-6H2,1H3,(H,18,22)(H,19,21). The van der Waals surface area contributed by atoms with Gasteiger partial charge in [0, 0.05) is 25.2 Å². The normalized spacial score (nSPS) is 17.4. The number of hydrogen-bond acceptors (Lipinski definition) is 4. The number of sulfonamides is 1. The Morgan fingerprint density at radius 2 is 1.96 bits per heavy atom. The van der Waals surface area contributed by atoms with Crippen LogP contribution in [0.4, 0.5) is 18.9 Å². The van der Waals surface area contributed by atoms with E-state index < -0.39 is 44.8 Å². The number of aromatic amines is 1. The first-order chi connectivity index (χ1) is 11.5. The maximum Gasteiger partial charge on any atom is 0.417 e. The van der Waals surface area contributed by atoms with Gasteiger partial charge in [0.25, 0.3) is 5.56 Å². The van der Waals surface area contributed by atoms with Crippen molar-refractivity contribution >= 4 is 21.6 Å². The topological polar surface area (TPSA) is 99.3 Å². The number of rotatable bonds is 4. The van der Waals surface area contributed by atoms with Gasteiger partial charge in [-0.1, -0.05) is 0 Å². The predicted octanol–water partition coefficient (Wildman–Crippen LogP) is 1.39. The molecule has 1 aliphatic heterocycles. The van der Waals surface area contributed by atoms with Crippen LogP contribution in [0.15, 0.2) is 17.1 Å². The van der Waals surface area contributed by atoms with Crippen LogP contribution in [0.1, 0.15) is 25.3 Å². The minimum absolute atomic E-state index is 0.0382. The van der Waals surface area contributed by atoms with E-state index in [2.05, 4.69) is 5.32 Å². The largest absolute Gasteiger partial charge is 0.417 e. The Labute approximate surface area is 142 Å². The van der Waals surface area contributed by atoms with Gasteiger partial charge in [-0.25, -0.2) is 12.7 Å². The Morgan fingerprint density at radius 3 is 2.48 bits per heavy atom. The number of aromatic nitrogens is 1. The summed E-state index contributed by atoms with van der Waals surface area (Å²) in [5, 5.41) is 2.21. The fraction of sp³-hybridized carbons (Fsp3) is 0.571. The van der Waals surface area contributed by atoms with Crippen molar-refractivity contribution in [3.05, 3.63) is 28.2 Å². The lowest BCUT2D eigenvalue weighted by atomic mass is 9.97. The van der Waals surface area contributed by atoms with Crippen LogP contribution in [0.25, 0.3) is 0 Å². The number of carbonyl (C=O) groups is 1. The fourth-order valence-corrected chi connectivity index (χ4v) is 3.69. The summed E-state index contributed by atoms with van der Waals surface area (Å²) in [7, 11) is -3.34. The van der Waals surface area contributed by atoms with E-state index in [-0.39, 0.29) is 31.7 Å². The molecule has 140 valence electrons. The molecule has 2 rings (SSSR count). The molecular formula is C14H18F3N3O4S. The maximum atomic E-state index is 12.7. The number of pyridine rings is 1. The second-order valence-electron chi connectivity index (χ2n) is 5.69. The summed E-state index contributed by atoms with van der Waals surface area (Å²) in [6.07, 6.45) is -3.64. The first-order valence-electron chi connectivity index (χ1n) is 7.63. The highest BCUT2D eigenvalue weighted by molar-refractivity contribution is 7.89. The Kier molecular flexibility index (Phi) is 5.57. The SMILES string of the molecule is CCS(=O)(=O)N1CCC(C(=O)Nc2cc(C(F)(F)F)c[nH]c2=O)CC1. The van der Waals surface area contributed by atoms with Crippen molar-refractivity contribution < 1.29 is 26.4 Å². The number of piperidine rings is 1. The van der Waals surface area contributed by atoms with Crippen LogP contribution in [-0.4, -0.2) is 42.5 Å². The molecule has 2 heterocycles. The molecule has 0 bridgehead atoms. The number of hydrogen-bond donors (Lipinski definition) is 2. The number of halogens is 3. The molecule has 1 aromatic heterocycles. The highest BCUT2D eigenvalue weighted by atomic mass is 32.2. The smallest absolute Gasteiger partial charge is 0.327 e. The maximum absolute atomic E-state index is 12.7. The first kappa shape index (κ1) is 19.4. The molecule has 1 saturated heterocycles. The molecule has 0 atom stereocenters. The molecular weight excluding hydrogens is 363 g/mol. The quantitative estimate of drug-likeness (QED) is 0.823. The van der Waals surface area contributed by atoms with Crippen LogP contribution in [0.2, 0.25) is 0 Å². The average Bonchev–Trinajstić information content (AvgIpc) is 2.56. The van der Waals surface area contributed by atoms with Gasteiger partial charge in [0.1, 0.15) is 5.69 Å². The summed E-state index contributed by atoms with van der Waals surface area (Å²) in [5.74, 6) is -1.21. The van der Waals surface area contributed by atoms with Crippen LogP contribution in [0.3, 0.4) is 0 Å². The van der Waals surface area contributed by atoms with Crippen LogP contribution < -0.4 is 10.9 Å². The molecule has 0 aromatic carbocycles. The van der Waals surface area contributed by atoms with Crippen molar-refractivity contribution in [1.82, 2.24) is 9.29 Å². The number of anilines is 1. The average molecular weight is 381 g/mol. The van der Waals surface area contributed by atoms with Gasteiger partial charge in [-0.2, -0.15) is 13.2 Å². The van der Waals surface area contributed by atoms with E-state index in [0.29, 0.717) is 12.3 Å². The lowest BCUT2D eigenvalue weighted by Gasteiger charge is -2.30. The van der Waals surface area contributed by atoms with Crippen molar-refractivity contribution in [2.75, 3.05) is 24.2 Å². The number of carbonyl (C=O) groups excluding carboxylic acids is 1. The van der Waals surface area contributed by atoms with Gasteiger partial charge in [0.15, 0.2) is 0 Å². The van der Waals surface area contributed by atoms with E-state index in [9.17, 15) is 31.2 Å². The van der Waals surface area contributed by atoms with Gasteiger partial charge in [-0.3, -0.25) is 9.59 Å². The molecule has 2 N–H and O–H groups in total. The monoisotopic (exact) mass is 381 g/mol. The molecule has 1 aliphatic rings. The number of amides is 1. The van der Waals surface area contributed by atoms with Gasteiger partial charge in [-0.05, 0) is 25.8 Å². The van der Waals surface area contributed by atoms with Crippen molar-refractivity contribution in [3.8, 4) is 0 Å². The van der Waals surface area contributed by atoms with Crippen LogP contribution in [-0.2, 0) is 21.0 Å². The minimum Gasteiger partial charge on any atom is -0.327 e. The summed E-state index contributed by atoms with van der Waals surface area (Å²) >= 11 is 0. The van der Waals surface area contributed by atoms with Crippen molar-refractivity contribution in [3.63, 3.8) is 0 Å². The van der Waals surface area contributed by atoms with Gasteiger partial charge in [0.2, 0.25) is 15.9 Å². The lowest BCUT2D eigenvalue weighted by Crippen LogP contribution is -2.42. The van der Waals surface area contributed by atoms with Gasteiger partial charge in [0.05, 0.1) is 11.3 Å². The van der Waals surface area contributed by atoms with Crippen molar-refractivity contribution in [2.45, 2.75) is 25.9 Å². The summed E-state index contributed by atoms with van der Waals surface area (Å²) in [6.45, 7) is 1.84. The Hall–Kier alpha value is -1.88. The highest BCUT2D eigenvalue weighted by Gasteiger charge is 2.33. The van der Waals surface area contributed by atoms with E-state index in [1.165, 1.54) is 11.2 Å².